The molecule has 1 aliphatic heterocycles. The van der Waals surface area contributed by atoms with Crippen LogP contribution in [-0.2, 0) is 9.59 Å². The summed E-state index contributed by atoms with van der Waals surface area (Å²) in [6.45, 7) is 4.59. The first-order valence-electron chi connectivity index (χ1n) is 7.62. The number of rotatable bonds is 5. The summed E-state index contributed by atoms with van der Waals surface area (Å²) in [7, 11) is 0. The van der Waals surface area contributed by atoms with E-state index in [9.17, 15) is 9.59 Å². The summed E-state index contributed by atoms with van der Waals surface area (Å²) in [4.78, 5) is 29.0. The summed E-state index contributed by atoms with van der Waals surface area (Å²) in [5.41, 5.74) is 3.49. The minimum Gasteiger partial charge on any atom is -0.295 e. The molecule has 1 aromatic carbocycles. The molecule has 0 N–H and O–H groups in total. The number of likely N-dealkylation sites (tertiary alicyclic amines) is 1. The SMILES string of the molecule is Cc1cc(C)cc(-n2ccnc2SCCN2C(=O)CCC2=O)c1. The molecular formula is C17H19N3O2S. The zero-order valence-corrected chi connectivity index (χ0v) is 14.1. The molecule has 2 heterocycles. The van der Waals surface area contributed by atoms with Gasteiger partial charge in [-0.2, -0.15) is 0 Å². The van der Waals surface area contributed by atoms with Crippen LogP contribution in [0.1, 0.15) is 24.0 Å². The Balaban J connectivity index is 1.69. The van der Waals surface area contributed by atoms with Crippen LogP contribution in [0.5, 0.6) is 0 Å². The topological polar surface area (TPSA) is 55.2 Å². The number of benzene rings is 1. The van der Waals surface area contributed by atoms with Crippen LogP contribution in [0.4, 0.5) is 0 Å². The summed E-state index contributed by atoms with van der Waals surface area (Å²) < 4.78 is 2.04. The molecule has 0 spiro atoms. The van der Waals surface area contributed by atoms with E-state index >= 15 is 0 Å². The fourth-order valence-corrected chi connectivity index (χ4v) is 3.68. The lowest BCUT2D eigenvalue weighted by atomic mass is 10.1. The lowest BCUT2D eigenvalue weighted by Gasteiger charge is -2.13. The van der Waals surface area contributed by atoms with Gasteiger partial charge in [-0.1, -0.05) is 17.8 Å². The minimum absolute atomic E-state index is 0.0618. The highest BCUT2D eigenvalue weighted by Gasteiger charge is 2.28. The molecule has 1 saturated heterocycles. The van der Waals surface area contributed by atoms with Crippen LogP contribution < -0.4 is 0 Å². The van der Waals surface area contributed by atoms with Crippen molar-refractivity contribution in [2.45, 2.75) is 31.8 Å². The van der Waals surface area contributed by atoms with Crippen molar-refractivity contribution in [1.82, 2.24) is 14.5 Å². The van der Waals surface area contributed by atoms with Gasteiger partial charge in [0.05, 0.1) is 0 Å². The Morgan fingerprint density at radius 2 is 1.74 bits per heavy atom. The van der Waals surface area contributed by atoms with Crippen molar-refractivity contribution in [3.05, 3.63) is 41.7 Å². The van der Waals surface area contributed by atoms with Gasteiger partial charge in [-0.05, 0) is 37.1 Å². The van der Waals surface area contributed by atoms with Gasteiger partial charge in [-0.3, -0.25) is 19.1 Å². The molecule has 120 valence electrons. The second-order valence-electron chi connectivity index (χ2n) is 5.71. The van der Waals surface area contributed by atoms with Gasteiger partial charge in [0.2, 0.25) is 11.8 Å². The molecule has 0 unspecified atom stereocenters. The van der Waals surface area contributed by atoms with Crippen LogP contribution in [0.25, 0.3) is 5.69 Å². The Morgan fingerprint density at radius 3 is 2.39 bits per heavy atom. The van der Waals surface area contributed by atoms with Crippen molar-refractivity contribution in [3.8, 4) is 5.69 Å². The fraction of sp³-hybridized carbons (Fsp3) is 0.353. The molecular weight excluding hydrogens is 310 g/mol. The van der Waals surface area contributed by atoms with Crippen LogP contribution >= 0.6 is 11.8 Å². The maximum Gasteiger partial charge on any atom is 0.229 e. The minimum atomic E-state index is -0.0618. The fourth-order valence-electron chi connectivity index (χ4n) is 2.78. The van der Waals surface area contributed by atoms with Gasteiger partial charge in [-0.15, -0.1) is 0 Å². The van der Waals surface area contributed by atoms with Crippen LogP contribution in [0.3, 0.4) is 0 Å². The van der Waals surface area contributed by atoms with E-state index in [-0.39, 0.29) is 11.8 Å². The van der Waals surface area contributed by atoms with Gasteiger partial charge in [0.25, 0.3) is 0 Å². The van der Waals surface area contributed by atoms with E-state index in [2.05, 4.69) is 37.0 Å². The molecule has 0 radical (unpaired) electrons. The monoisotopic (exact) mass is 329 g/mol. The molecule has 6 heteroatoms. The molecule has 5 nitrogen and oxygen atoms in total. The maximum atomic E-state index is 11.6. The zero-order valence-electron chi connectivity index (χ0n) is 13.3. The number of carbonyl (C=O) groups is 2. The van der Waals surface area contributed by atoms with Gasteiger partial charge in [-0.25, -0.2) is 4.98 Å². The van der Waals surface area contributed by atoms with E-state index < -0.39 is 0 Å². The average Bonchev–Trinajstić information content (AvgIpc) is 3.07. The molecule has 2 amide bonds. The Hall–Kier alpha value is -2.08. The second-order valence-corrected chi connectivity index (χ2v) is 6.78. The summed E-state index contributed by atoms with van der Waals surface area (Å²) in [5.74, 6) is 0.528. The molecule has 3 rings (SSSR count). The van der Waals surface area contributed by atoms with Gasteiger partial charge in [0, 0.05) is 43.2 Å². The Kier molecular flexibility index (Phi) is 4.52. The second kappa shape index (κ2) is 6.58. The Labute approximate surface area is 139 Å². The summed E-state index contributed by atoms with van der Waals surface area (Å²) in [5, 5.41) is 0.870. The molecule has 0 aliphatic carbocycles. The smallest absolute Gasteiger partial charge is 0.229 e. The number of hydrogen-bond donors (Lipinski definition) is 0. The highest BCUT2D eigenvalue weighted by Crippen LogP contribution is 2.23. The quantitative estimate of drug-likeness (QED) is 0.625. The zero-order chi connectivity index (χ0) is 16.4. The molecule has 1 aliphatic rings. The first-order chi connectivity index (χ1) is 11.0. The first-order valence-corrected chi connectivity index (χ1v) is 8.61. The first kappa shape index (κ1) is 15.8. The molecule has 0 saturated carbocycles. The predicted octanol–water partition coefficient (Wildman–Crippen LogP) is 2.73. The number of amides is 2. The standard InChI is InChI=1S/C17H19N3O2S/c1-12-9-13(2)11-14(10-12)19-6-5-18-17(19)23-8-7-20-15(21)3-4-16(20)22/h5-6,9-11H,3-4,7-8H2,1-2H3. The van der Waals surface area contributed by atoms with Crippen LogP contribution in [0.2, 0.25) is 0 Å². The Morgan fingerprint density at radius 1 is 1.09 bits per heavy atom. The van der Waals surface area contributed by atoms with E-state index in [1.54, 1.807) is 18.0 Å². The highest BCUT2D eigenvalue weighted by molar-refractivity contribution is 7.99. The number of hydrogen-bond acceptors (Lipinski definition) is 4. The van der Waals surface area contributed by atoms with Crippen LogP contribution in [0, 0.1) is 13.8 Å². The van der Waals surface area contributed by atoms with Gasteiger partial charge < -0.3 is 0 Å². The summed E-state index contributed by atoms with van der Waals surface area (Å²) in [6, 6.07) is 6.37. The number of aryl methyl sites for hydroxylation is 2. The normalized spacial score (nSPS) is 14.8. The van der Waals surface area contributed by atoms with Crippen molar-refractivity contribution < 1.29 is 9.59 Å². The molecule has 1 aromatic heterocycles. The third-order valence-corrected chi connectivity index (χ3v) is 4.74. The summed E-state index contributed by atoms with van der Waals surface area (Å²) >= 11 is 1.56. The maximum absolute atomic E-state index is 11.6. The molecule has 0 bridgehead atoms. The van der Waals surface area contributed by atoms with Crippen molar-refractivity contribution in [1.29, 1.82) is 0 Å². The molecule has 2 aromatic rings. The van der Waals surface area contributed by atoms with E-state index in [1.165, 1.54) is 16.0 Å². The van der Waals surface area contributed by atoms with Gasteiger partial charge >= 0.3 is 0 Å². The van der Waals surface area contributed by atoms with Crippen molar-refractivity contribution >= 4 is 23.6 Å². The number of aromatic nitrogens is 2. The van der Waals surface area contributed by atoms with E-state index in [4.69, 9.17) is 0 Å². The van der Waals surface area contributed by atoms with Crippen molar-refractivity contribution in [2.75, 3.05) is 12.3 Å². The van der Waals surface area contributed by atoms with E-state index in [1.807, 2.05) is 10.8 Å². The molecule has 0 atom stereocenters. The van der Waals surface area contributed by atoms with E-state index in [0.29, 0.717) is 25.1 Å². The average molecular weight is 329 g/mol. The number of imidazole rings is 1. The summed E-state index contributed by atoms with van der Waals surface area (Å²) in [6.07, 6.45) is 4.40. The Bertz CT molecular complexity index is 718. The number of thioether (sulfide) groups is 1. The van der Waals surface area contributed by atoms with Gasteiger partial charge in [0.1, 0.15) is 0 Å². The molecule has 23 heavy (non-hydrogen) atoms. The van der Waals surface area contributed by atoms with E-state index in [0.717, 1.165) is 10.8 Å². The largest absolute Gasteiger partial charge is 0.295 e. The molecule has 1 fully saturated rings. The van der Waals surface area contributed by atoms with Crippen LogP contribution in [-0.4, -0.2) is 38.6 Å². The number of nitrogens with zero attached hydrogens (tertiary/aromatic N) is 3. The van der Waals surface area contributed by atoms with Crippen molar-refractivity contribution in [2.24, 2.45) is 0 Å². The number of imide groups is 1. The van der Waals surface area contributed by atoms with Crippen molar-refractivity contribution in [3.63, 3.8) is 0 Å². The third kappa shape index (κ3) is 3.47. The number of carbonyl (C=O) groups excluding carboxylic acids is 2. The predicted molar refractivity (Wildman–Crippen MR) is 89.7 cm³/mol. The van der Waals surface area contributed by atoms with Gasteiger partial charge in [0.15, 0.2) is 5.16 Å². The van der Waals surface area contributed by atoms with Crippen LogP contribution in [0.15, 0.2) is 35.7 Å². The third-order valence-electron chi connectivity index (χ3n) is 3.79. The lowest BCUT2D eigenvalue weighted by molar-refractivity contribution is -0.137. The lowest BCUT2D eigenvalue weighted by Crippen LogP contribution is -2.31. The highest BCUT2D eigenvalue weighted by atomic mass is 32.2.